The van der Waals surface area contributed by atoms with Crippen LogP contribution in [0.5, 0.6) is 0 Å². The highest BCUT2D eigenvalue weighted by Gasteiger charge is 2.14. The summed E-state index contributed by atoms with van der Waals surface area (Å²) >= 11 is 6.33. The highest BCUT2D eigenvalue weighted by atomic mass is 35.5. The highest BCUT2D eigenvalue weighted by molar-refractivity contribution is 6.34. The first-order chi connectivity index (χ1) is 9.24. The third-order valence-electron chi connectivity index (χ3n) is 3.09. The van der Waals surface area contributed by atoms with Crippen LogP contribution in [0.4, 0.5) is 17.1 Å². The van der Waals surface area contributed by atoms with Gasteiger partial charge in [0.15, 0.2) is 0 Å². The van der Waals surface area contributed by atoms with E-state index in [-0.39, 0.29) is 0 Å². The number of para-hydroxylation sites is 2. The summed E-state index contributed by atoms with van der Waals surface area (Å²) in [5, 5.41) is 0.694. The monoisotopic (exact) mass is 274 g/mol. The summed E-state index contributed by atoms with van der Waals surface area (Å²) in [6, 6.07) is 15.9. The lowest BCUT2D eigenvalue weighted by Gasteiger charge is -2.27. The van der Waals surface area contributed by atoms with Gasteiger partial charge in [0.25, 0.3) is 0 Å². The third-order valence-corrected chi connectivity index (χ3v) is 3.40. The van der Waals surface area contributed by atoms with Gasteiger partial charge in [0.1, 0.15) is 0 Å². The summed E-state index contributed by atoms with van der Waals surface area (Å²) in [4.78, 5) is 2.20. The minimum absolute atomic E-state index is 0.694. The van der Waals surface area contributed by atoms with E-state index < -0.39 is 0 Å². The van der Waals surface area contributed by atoms with Crippen molar-refractivity contribution in [2.45, 2.75) is 19.8 Å². The van der Waals surface area contributed by atoms with E-state index in [9.17, 15) is 0 Å². The van der Waals surface area contributed by atoms with Crippen LogP contribution in [-0.2, 0) is 0 Å². The molecule has 0 aliphatic rings. The number of hydrogen-bond donors (Lipinski definition) is 1. The summed E-state index contributed by atoms with van der Waals surface area (Å²) in [6.45, 7) is 3.09. The molecule has 0 aliphatic carbocycles. The Balaban J connectivity index is 2.43. The van der Waals surface area contributed by atoms with E-state index in [2.05, 4.69) is 24.0 Å². The lowest BCUT2D eigenvalue weighted by molar-refractivity contribution is 0.786. The van der Waals surface area contributed by atoms with Gasteiger partial charge in [-0.15, -0.1) is 0 Å². The Morgan fingerprint density at radius 2 is 1.79 bits per heavy atom. The lowest BCUT2D eigenvalue weighted by atomic mass is 10.2. The van der Waals surface area contributed by atoms with Crippen molar-refractivity contribution in [2.75, 3.05) is 17.2 Å². The summed E-state index contributed by atoms with van der Waals surface area (Å²) in [7, 11) is 0. The number of nitrogen functional groups attached to an aromatic ring is 1. The molecule has 0 atom stereocenters. The minimum Gasteiger partial charge on any atom is -0.397 e. The fourth-order valence-corrected chi connectivity index (χ4v) is 2.39. The van der Waals surface area contributed by atoms with Crippen molar-refractivity contribution in [3.8, 4) is 0 Å². The van der Waals surface area contributed by atoms with Crippen molar-refractivity contribution in [1.29, 1.82) is 0 Å². The topological polar surface area (TPSA) is 29.3 Å². The van der Waals surface area contributed by atoms with Gasteiger partial charge in [0.05, 0.1) is 16.4 Å². The van der Waals surface area contributed by atoms with Crippen LogP contribution in [0.3, 0.4) is 0 Å². The molecular formula is C16H19ClN2. The van der Waals surface area contributed by atoms with Crippen LogP contribution < -0.4 is 10.6 Å². The van der Waals surface area contributed by atoms with Gasteiger partial charge in [0.2, 0.25) is 0 Å². The summed E-state index contributed by atoms with van der Waals surface area (Å²) in [5.74, 6) is 0. The molecule has 2 rings (SSSR count). The standard InChI is InChI=1S/C16H19ClN2/c1-2-3-12-19(13-8-5-4-6-9-13)16-14(17)10-7-11-15(16)18/h4-11H,2-3,12,18H2,1H3. The van der Waals surface area contributed by atoms with Crippen LogP contribution in [0.15, 0.2) is 48.5 Å². The highest BCUT2D eigenvalue weighted by Crippen LogP contribution is 2.36. The minimum atomic E-state index is 0.694. The number of rotatable bonds is 5. The van der Waals surface area contributed by atoms with Gasteiger partial charge in [-0.05, 0) is 30.7 Å². The molecule has 3 heteroatoms. The fraction of sp³-hybridized carbons (Fsp3) is 0.250. The normalized spacial score (nSPS) is 10.4. The average molecular weight is 275 g/mol. The Morgan fingerprint density at radius 3 is 2.42 bits per heavy atom. The molecule has 0 bridgehead atoms. The number of hydrogen-bond acceptors (Lipinski definition) is 2. The SMILES string of the molecule is CCCCN(c1ccccc1)c1c(N)cccc1Cl. The zero-order valence-electron chi connectivity index (χ0n) is 11.1. The van der Waals surface area contributed by atoms with Gasteiger partial charge >= 0.3 is 0 Å². The first-order valence-corrected chi connectivity index (χ1v) is 6.98. The molecular weight excluding hydrogens is 256 g/mol. The van der Waals surface area contributed by atoms with Gasteiger partial charge in [-0.3, -0.25) is 0 Å². The van der Waals surface area contributed by atoms with Crippen LogP contribution in [0.1, 0.15) is 19.8 Å². The molecule has 0 heterocycles. The van der Waals surface area contributed by atoms with Gasteiger partial charge in [-0.25, -0.2) is 0 Å². The number of unbranched alkanes of at least 4 members (excludes halogenated alkanes) is 1. The Bertz CT molecular complexity index is 505. The maximum Gasteiger partial charge on any atom is 0.0833 e. The largest absolute Gasteiger partial charge is 0.397 e. The number of benzene rings is 2. The molecule has 0 amide bonds. The van der Waals surface area contributed by atoms with E-state index in [4.69, 9.17) is 17.3 Å². The van der Waals surface area contributed by atoms with E-state index in [1.54, 1.807) is 0 Å². The van der Waals surface area contributed by atoms with Crippen molar-refractivity contribution in [2.24, 2.45) is 0 Å². The predicted molar refractivity (Wildman–Crippen MR) is 84.2 cm³/mol. The zero-order chi connectivity index (χ0) is 13.7. The molecule has 2 nitrogen and oxygen atoms in total. The van der Waals surface area contributed by atoms with E-state index >= 15 is 0 Å². The Hall–Kier alpha value is -1.67. The maximum atomic E-state index is 6.33. The summed E-state index contributed by atoms with van der Waals surface area (Å²) < 4.78 is 0. The molecule has 0 unspecified atom stereocenters. The molecule has 0 spiro atoms. The molecule has 0 aromatic heterocycles. The quantitative estimate of drug-likeness (QED) is 0.789. The Morgan fingerprint density at radius 1 is 1.05 bits per heavy atom. The van der Waals surface area contributed by atoms with Crippen LogP contribution in [0, 0.1) is 0 Å². The predicted octanol–water partition coefficient (Wildman–Crippen LogP) is 4.86. The number of nitrogens with zero attached hydrogens (tertiary/aromatic N) is 1. The average Bonchev–Trinajstić information content (AvgIpc) is 2.43. The van der Waals surface area contributed by atoms with Gasteiger partial charge in [-0.1, -0.05) is 49.2 Å². The second kappa shape index (κ2) is 6.48. The Kier molecular flexibility index (Phi) is 4.69. The van der Waals surface area contributed by atoms with Crippen molar-refractivity contribution in [3.63, 3.8) is 0 Å². The van der Waals surface area contributed by atoms with Crippen LogP contribution in [0.2, 0.25) is 5.02 Å². The molecule has 2 aromatic rings. The molecule has 0 fully saturated rings. The zero-order valence-corrected chi connectivity index (χ0v) is 11.9. The van der Waals surface area contributed by atoms with Crippen molar-refractivity contribution in [3.05, 3.63) is 53.6 Å². The van der Waals surface area contributed by atoms with Gasteiger partial charge < -0.3 is 10.6 Å². The second-order valence-corrected chi connectivity index (χ2v) is 4.93. The van der Waals surface area contributed by atoms with Crippen molar-refractivity contribution >= 4 is 28.7 Å². The molecule has 0 saturated carbocycles. The van der Waals surface area contributed by atoms with E-state index in [0.29, 0.717) is 10.7 Å². The van der Waals surface area contributed by atoms with Gasteiger partial charge in [-0.2, -0.15) is 0 Å². The van der Waals surface area contributed by atoms with Crippen molar-refractivity contribution in [1.82, 2.24) is 0 Å². The van der Waals surface area contributed by atoms with E-state index in [0.717, 1.165) is 30.8 Å². The molecule has 0 saturated heterocycles. The fourth-order valence-electron chi connectivity index (χ4n) is 2.11. The van der Waals surface area contributed by atoms with Crippen molar-refractivity contribution < 1.29 is 0 Å². The summed E-state index contributed by atoms with van der Waals surface area (Å²) in [6.07, 6.45) is 2.23. The number of halogens is 1. The molecule has 0 radical (unpaired) electrons. The van der Waals surface area contributed by atoms with Gasteiger partial charge in [0, 0.05) is 12.2 Å². The first-order valence-electron chi connectivity index (χ1n) is 6.60. The van der Waals surface area contributed by atoms with Crippen LogP contribution in [0.25, 0.3) is 0 Å². The van der Waals surface area contributed by atoms with Crippen LogP contribution in [-0.4, -0.2) is 6.54 Å². The molecule has 19 heavy (non-hydrogen) atoms. The third kappa shape index (κ3) is 3.21. The van der Waals surface area contributed by atoms with Crippen LogP contribution >= 0.6 is 11.6 Å². The molecule has 100 valence electrons. The molecule has 0 aliphatic heterocycles. The number of nitrogens with two attached hydrogens (primary N) is 1. The maximum absolute atomic E-state index is 6.33. The van der Waals surface area contributed by atoms with E-state index in [1.165, 1.54) is 0 Å². The Labute approximate surface area is 119 Å². The smallest absolute Gasteiger partial charge is 0.0833 e. The molecule has 2 aromatic carbocycles. The second-order valence-electron chi connectivity index (χ2n) is 4.52. The van der Waals surface area contributed by atoms with E-state index in [1.807, 2.05) is 36.4 Å². The first kappa shape index (κ1) is 13.8. The number of anilines is 3. The molecule has 2 N–H and O–H groups in total. The summed E-state index contributed by atoms with van der Waals surface area (Å²) in [5.41, 5.74) is 8.85. The lowest BCUT2D eigenvalue weighted by Crippen LogP contribution is -2.20.